The number of anilines is 1. The Morgan fingerprint density at radius 1 is 1.06 bits per heavy atom. The molecular weight excluding hydrogens is 419 g/mol. The van der Waals surface area contributed by atoms with Crippen LogP contribution in [-0.2, 0) is 14.4 Å². The van der Waals surface area contributed by atoms with Gasteiger partial charge in [0.05, 0.1) is 18.9 Å². The average Bonchev–Trinajstić information content (AvgIpc) is 3.01. The van der Waals surface area contributed by atoms with E-state index in [2.05, 4.69) is 5.16 Å². The summed E-state index contributed by atoms with van der Waals surface area (Å²) in [5.74, 6) is -0.278. The Bertz CT molecular complexity index is 1250. The van der Waals surface area contributed by atoms with Crippen LogP contribution in [0.3, 0.4) is 0 Å². The fourth-order valence-corrected chi connectivity index (χ4v) is 3.56. The van der Waals surface area contributed by atoms with Crippen LogP contribution in [0.2, 0.25) is 0 Å². The number of hydrogen-bond donors (Lipinski definition) is 0. The molecule has 1 aliphatic rings. The fraction of sp³-hybridized carbons (Fsp3) is 0.261. The van der Waals surface area contributed by atoms with Crippen LogP contribution in [0.1, 0.15) is 11.1 Å². The number of carbonyl (C=O) groups is 1. The van der Waals surface area contributed by atoms with Crippen molar-refractivity contribution in [3.05, 3.63) is 69.8 Å². The Labute approximate surface area is 182 Å². The van der Waals surface area contributed by atoms with Gasteiger partial charge in [-0.25, -0.2) is 9.18 Å². The van der Waals surface area contributed by atoms with Crippen molar-refractivity contribution >= 4 is 28.3 Å². The van der Waals surface area contributed by atoms with Gasteiger partial charge in [0.15, 0.2) is 5.71 Å². The number of ether oxygens (including phenoxy) is 2. The van der Waals surface area contributed by atoms with Crippen LogP contribution in [0.25, 0.3) is 11.0 Å². The summed E-state index contributed by atoms with van der Waals surface area (Å²) in [6.45, 7) is 2.91. The highest BCUT2D eigenvalue weighted by Crippen LogP contribution is 2.30. The summed E-state index contributed by atoms with van der Waals surface area (Å²) < 4.78 is 30.1. The van der Waals surface area contributed by atoms with E-state index in [1.165, 1.54) is 36.3 Å². The van der Waals surface area contributed by atoms with Crippen molar-refractivity contribution in [1.29, 1.82) is 0 Å². The third-order valence-corrected chi connectivity index (χ3v) is 5.01. The molecule has 0 unspecified atom stereocenters. The van der Waals surface area contributed by atoms with Gasteiger partial charge in [-0.3, -0.25) is 4.79 Å². The van der Waals surface area contributed by atoms with Gasteiger partial charge < -0.3 is 23.6 Å². The van der Waals surface area contributed by atoms with Gasteiger partial charge >= 0.3 is 5.63 Å². The highest BCUT2D eigenvalue weighted by Gasteiger charge is 2.34. The van der Waals surface area contributed by atoms with Gasteiger partial charge in [-0.05, 0) is 42.8 Å². The number of rotatable bonds is 8. The molecule has 3 aromatic rings. The second-order valence-corrected chi connectivity index (χ2v) is 7.11. The lowest BCUT2D eigenvalue weighted by atomic mass is 10.1. The molecule has 0 spiro atoms. The molecule has 0 saturated carbocycles. The molecule has 1 aromatic heterocycles. The zero-order valence-corrected chi connectivity index (χ0v) is 17.6. The molecule has 32 heavy (non-hydrogen) atoms. The molecular formula is C23H21FN2O6. The smallest absolute Gasteiger partial charge is 0.336 e. The van der Waals surface area contributed by atoms with Gasteiger partial charge in [-0.2, -0.15) is 0 Å². The molecule has 1 amide bonds. The molecule has 0 bridgehead atoms. The third-order valence-electron chi connectivity index (χ3n) is 5.01. The van der Waals surface area contributed by atoms with E-state index in [1.54, 1.807) is 12.1 Å². The molecule has 2 heterocycles. The van der Waals surface area contributed by atoms with Crippen molar-refractivity contribution in [2.24, 2.45) is 5.16 Å². The number of benzene rings is 2. The monoisotopic (exact) mass is 440 g/mol. The second-order valence-electron chi connectivity index (χ2n) is 7.11. The maximum atomic E-state index is 13.6. The normalized spacial score (nSPS) is 14.3. The van der Waals surface area contributed by atoms with E-state index in [9.17, 15) is 14.0 Å². The maximum Gasteiger partial charge on any atom is 0.336 e. The number of carbonyl (C=O) groups excluding carboxylic acids is 1. The summed E-state index contributed by atoms with van der Waals surface area (Å²) in [5.41, 5.74) is 1.90. The summed E-state index contributed by atoms with van der Waals surface area (Å²) >= 11 is 0. The molecule has 0 N–H and O–H groups in total. The Kier molecular flexibility index (Phi) is 6.18. The number of halogens is 1. The largest absolute Gasteiger partial charge is 0.491 e. The molecule has 8 nitrogen and oxygen atoms in total. The van der Waals surface area contributed by atoms with Crippen molar-refractivity contribution in [3.8, 4) is 5.75 Å². The molecule has 4 rings (SSSR count). The molecule has 9 heteroatoms. The minimum atomic E-state index is -0.460. The van der Waals surface area contributed by atoms with Gasteiger partial charge in [0.1, 0.15) is 30.9 Å². The van der Waals surface area contributed by atoms with Gasteiger partial charge in [0.25, 0.3) is 5.91 Å². The highest BCUT2D eigenvalue weighted by atomic mass is 19.1. The first-order valence-electron chi connectivity index (χ1n) is 9.96. The predicted molar refractivity (Wildman–Crippen MR) is 116 cm³/mol. The highest BCUT2D eigenvalue weighted by molar-refractivity contribution is 6.54. The van der Waals surface area contributed by atoms with Crippen LogP contribution in [0.5, 0.6) is 5.75 Å². The van der Waals surface area contributed by atoms with Gasteiger partial charge in [0, 0.05) is 29.6 Å². The van der Waals surface area contributed by atoms with Crippen molar-refractivity contribution in [3.63, 3.8) is 0 Å². The first-order valence-corrected chi connectivity index (χ1v) is 9.96. The van der Waals surface area contributed by atoms with Crippen LogP contribution >= 0.6 is 0 Å². The topological polar surface area (TPSA) is 90.6 Å². The number of oxime groups is 1. The number of hydrogen-bond acceptors (Lipinski definition) is 7. The zero-order chi connectivity index (χ0) is 22.7. The van der Waals surface area contributed by atoms with Crippen LogP contribution < -0.4 is 15.3 Å². The predicted octanol–water partition coefficient (Wildman–Crippen LogP) is 3.03. The van der Waals surface area contributed by atoms with Crippen LogP contribution in [0, 0.1) is 12.7 Å². The molecule has 0 atom stereocenters. The van der Waals surface area contributed by atoms with E-state index in [-0.39, 0.29) is 38.0 Å². The van der Waals surface area contributed by atoms with Crippen molar-refractivity contribution < 1.29 is 27.9 Å². The lowest BCUT2D eigenvalue weighted by molar-refractivity contribution is -0.112. The summed E-state index contributed by atoms with van der Waals surface area (Å²) in [6.07, 6.45) is 0. The van der Waals surface area contributed by atoms with E-state index in [4.69, 9.17) is 18.7 Å². The van der Waals surface area contributed by atoms with Crippen molar-refractivity contribution in [1.82, 2.24) is 0 Å². The molecule has 1 aliphatic heterocycles. The summed E-state index contributed by atoms with van der Waals surface area (Å²) in [6, 6.07) is 10.8. The van der Waals surface area contributed by atoms with Gasteiger partial charge in [-0.15, -0.1) is 0 Å². The number of nitrogens with zero attached hydrogens (tertiary/aromatic N) is 2. The van der Waals surface area contributed by atoms with E-state index < -0.39 is 11.4 Å². The molecule has 0 radical (unpaired) electrons. The van der Waals surface area contributed by atoms with Crippen molar-refractivity contribution in [2.75, 3.05) is 38.4 Å². The Hall–Kier alpha value is -3.72. The first-order chi connectivity index (χ1) is 15.5. The molecule has 0 fully saturated rings. The fourth-order valence-electron chi connectivity index (χ4n) is 3.56. The zero-order valence-electron chi connectivity index (χ0n) is 17.6. The second kappa shape index (κ2) is 9.19. The van der Waals surface area contributed by atoms with Gasteiger partial charge in [-0.1, -0.05) is 5.16 Å². The molecule has 0 saturated heterocycles. The number of fused-ring (bicyclic) bond motifs is 2. The minimum Gasteiger partial charge on any atom is -0.491 e. The average molecular weight is 440 g/mol. The Balaban J connectivity index is 1.30. The maximum absolute atomic E-state index is 13.6. The molecule has 0 aliphatic carbocycles. The minimum absolute atomic E-state index is 0.0588. The summed E-state index contributed by atoms with van der Waals surface area (Å²) in [4.78, 5) is 30.3. The van der Waals surface area contributed by atoms with Crippen molar-refractivity contribution in [2.45, 2.75) is 6.92 Å². The quantitative estimate of drug-likeness (QED) is 0.304. The van der Waals surface area contributed by atoms with E-state index >= 15 is 0 Å². The summed E-state index contributed by atoms with van der Waals surface area (Å²) in [5, 5.41) is 4.58. The molecule has 166 valence electrons. The Morgan fingerprint density at radius 3 is 2.72 bits per heavy atom. The number of amides is 1. The van der Waals surface area contributed by atoms with E-state index in [1.807, 2.05) is 13.0 Å². The van der Waals surface area contributed by atoms with Crippen LogP contribution in [0.15, 0.2) is 56.8 Å². The summed E-state index contributed by atoms with van der Waals surface area (Å²) in [7, 11) is 1.33. The Morgan fingerprint density at radius 2 is 1.91 bits per heavy atom. The van der Waals surface area contributed by atoms with Crippen LogP contribution in [0.4, 0.5) is 10.1 Å². The van der Waals surface area contributed by atoms with E-state index in [0.29, 0.717) is 22.6 Å². The third kappa shape index (κ3) is 4.33. The number of aryl methyl sites for hydroxylation is 1. The standard InChI is InChI=1S/C23H21FN2O6/c1-14-11-21(27)32-20-13-16(4-5-17(14)20)31-10-9-30-8-7-26-19-6-3-15(24)12-18(19)22(23(26)28)25-29-2/h3-6,11-13H,7-10H2,1-2H3/b25-22-. The lowest BCUT2D eigenvalue weighted by Gasteiger charge is -2.16. The SMILES string of the molecule is CO/N=C1\C(=O)N(CCOCCOc2ccc3c(C)cc(=O)oc3c2)c2ccc(F)cc21. The van der Waals surface area contributed by atoms with Gasteiger partial charge in [0.2, 0.25) is 0 Å². The lowest BCUT2D eigenvalue weighted by Crippen LogP contribution is -2.33. The van der Waals surface area contributed by atoms with Crippen LogP contribution in [-0.4, -0.2) is 45.1 Å². The first kappa shape index (κ1) is 21.5. The van der Waals surface area contributed by atoms with E-state index in [0.717, 1.165) is 10.9 Å². The molecule has 2 aromatic carbocycles.